The number of nitrogens with zero attached hydrogens (tertiary/aromatic N) is 3. The lowest BCUT2D eigenvalue weighted by Gasteiger charge is -2.28. The van der Waals surface area contributed by atoms with Gasteiger partial charge in [0.2, 0.25) is 5.91 Å². The molecule has 2 aliphatic rings. The fourth-order valence-electron chi connectivity index (χ4n) is 4.18. The van der Waals surface area contributed by atoms with Gasteiger partial charge in [0.15, 0.2) is 6.10 Å². The molecule has 0 saturated carbocycles. The molecule has 3 atom stereocenters. The fraction of sp³-hybridized carbons (Fsp3) is 0.130. The predicted molar refractivity (Wildman–Crippen MR) is 112 cm³/mol. The van der Waals surface area contributed by atoms with E-state index in [1.54, 1.807) is 5.06 Å². The number of hydroxylamine groups is 1. The molecule has 5 rings (SSSR count). The zero-order valence-corrected chi connectivity index (χ0v) is 16.2. The van der Waals surface area contributed by atoms with Crippen LogP contribution < -0.4 is 9.96 Å². The van der Waals surface area contributed by atoms with E-state index >= 15 is 0 Å². The van der Waals surface area contributed by atoms with Gasteiger partial charge in [-0.1, -0.05) is 48.5 Å². The summed E-state index contributed by atoms with van der Waals surface area (Å²) in [6, 6.07) is 23.6. The van der Waals surface area contributed by atoms with E-state index in [-0.39, 0.29) is 11.4 Å². The van der Waals surface area contributed by atoms with Gasteiger partial charge in [0.1, 0.15) is 5.92 Å². The van der Waals surface area contributed by atoms with Crippen molar-refractivity contribution in [3.63, 3.8) is 0 Å². The van der Waals surface area contributed by atoms with Crippen LogP contribution in [-0.2, 0) is 14.4 Å². The van der Waals surface area contributed by atoms with Crippen LogP contribution in [0.2, 0.25) is 0 Å². The highest BCUT2D eigenvalue weighted by Gasteiger charge is 2.60. The summed E-state index contributed by atoms with van der Waals surface area (Å²) in [4.78, 5) is 44.1. The van der Waals surface area contributed by atoms with E-state index in [4.69, 9.17) is 4.84 Å². The van der Waals surface area contributed by atoms with Crippen molar-refractivity contribution >= 4 is 28.9 Å². The van der Waals surface area contributed by atoms with Crippen LogP contribution in [0.5, 0.6) is 0 Å². The van der Waals surface area contributed by atoms with Crippen LogP contribution >= 0.6 is 0 Å². The smallest absolute Gasteiger partial charge is 0.269 e. The van der Waals surface area contributed by atoms with Crippen molar-refractivity contribution in [2.75, 3.05) is 9.96 Å². The summed E-state index contributed by atoms with van der Waals surface area (Å²) in [5, 5.41) is 12.6. The molecular formula is C23H17N3O5. The maximum atomic E-state index is 13.4. The van der Waals surface area contributed by atoms with Crippen LogP contribution in [0.3, 0.4) is 0 Å². The number of para-hydroxylation sites is 1. The monoisotopic (exact) mass is 415 g/mol. The van der Waals surface area contributed by atoms with Crippen molar-refractivity contribution in [1.29, 1.82) is 0 Å². The highest BCUT2D eigenvalue weighted by Crippen LogP contribution is 2.47. The number of amides is 2. The molecule has 0 unspecified atom stereocenters. The quantitative estimate of drug-likeness (QED) is 0.367. The molecule has 2 amide bonds. The Hall–Kier alpha value is -4.04. The van der Waals surface area contributed by atoms with Crippen LogP contribution in [0.4, 0.5) is 17.1 Å². The Morgan fingerprint density at radius 2 is 1.39 bits per heavy atom. The number of non-ortho nitro benzene ring substituents is 1. The van der Waals surface area contributed by atoms with Gasteiger partial charge in [-0.3, -0.25) is 24.5 Å². The van der Waals surface area contributed by atoms with Crippen LogP contribution in [0.15, 0.2) is 84.9 Å². The third kappa shape index (κ3) is 3.04. The molecule has 0 radical (unpaired) electrons. The second-order valence-electron chi connectivity index (χ2n) is 7.35. The van der Waals surface area contributed by atoms with E-state index in [9.17, 15) is 19.7 Å². The molecule has 2 heterocycles. The number of anilines is 2. The van der Waals surface area contributed by atoms with Gasteiger partial charge >= 0.3 is 0 Å². The van der Waals surface area contributed by atoms with Gasteiger partial charge in [-0.25, -0.2) is 9.96 Å². The van der Waals surface area contributed by atoms with Gasteiger partial charge in [0.25, 0.3) is 11.6 Å². The first kappa shape index (κ1) is 19.0. The van der Waals surface area contributed by atoms with Crippen molar-refractivity contribution in [2.45, 2.75) is 12.1 Å². The summed E-state index contributed by atoms with van der Waals surface area (Å²) in [5.41, 5.74) is 1.77. The van der Waals surface area contributed by atoms with Gasteiger partial charge in [-0.2, -0.15) is 0 Å². The summed E-state index contributed by atoms with van der Waals surface area (Å²) in [6.07, 6.45) is -0.979. The number of nitro groups is 1. The first-order valence-corrected chi connectivity index (χ1v) is 9.74. The number of benzene rings is 3. The Labute approximate surface area is 177 Å². The second-order valence-corrected chi connectivity index (χ2v) is 7.35. The Morgan fingerprint density at radius 3 is 2.00 bits per heavy atom. The van der Waals surface area contributed by atoms with E-state index < -0.39 is 34.8 Å². The molecular weight excluding hydrogens is 398 g/mol. The topological polar surface area (TPSA) is 93.0 Å². The third-order valence-corrected chi connectivity index (χ3v) is 5.59. The number of carbonyl (C=O) groups is 2. The Morgan fingerprint density at radius 1 is 0.774 bits per heavy atom. The average Bonchev–Trinajstić information content (AvgIpc) is 3.31. The van der Waals surface area contributed by atoms with E-state index in [0.29, 0.717) is 0 Å². The summed E-state index contributed by atoms with van der Waals surface area (Å²) in [5.74, 6) is -1.62. The predicted octanol–water partition coefficient (Wildman–Crippen LogP) is 3.65. The Kier molecular flexibility index (Phi) is 4.48. The molecule has 3 aromatic rings. The molecule has 3 aromatic carbocycles. The summed E-state index contributed by atoms with van der Waals surface area (Å²) >= 11 is 0. The first-order valence-electron chi connectivity index (χ1n) is 9.74. The lowest BCUT2D eigenvalue weighted by molar-refractivity contribution is -0.384. The molecule has 2 saturated heterocycles. The molecule has 0 aromatic heterocycles. The number of nitro benzene ring substituents is 1. The molecule has 8 heteroatoms. The number of hydrogen-bond donors (Lipinski definition) is 0. The van der Waals surface area contributed by atoms with E-state index in [0.717, 1.165) is 16.2 Å². The maximum absolute atomic E-state index is 13.4. The Bertz CT molecular complexity index is 1150. The van der Waals surface area contributed by atoms with Gasteiger partial charge < -0.3 is 0 Å². The van der Waals surface area contributed by atoms with Crippen LogP contribution in [0.1, 0.15) is 11.6 Å². The average molecular weight is 415 g/mol. The minimum absolute atomic E-state index is 0.114. The normalized spacial score (nSPS) is 22.6. The fourth-order valence-corrected chi connectivity index (χ4v) is 4.18. The van der Waals surface area contributed by atoms with Crippen molar-refractivity contribution < 1.29 is 19.3 Å². The molecule has 0 N–H and O–H groups in total. The Balaban J connectivity index is 1.54. The lowest BCUT2D eigenvalue weighted by atomic mass is 9.90. The number of rotatable bonds is 4. The standard InChI is InChI=1S/C23H17N3O5/c27-22-19-20(15-7-3-1-4-8-15)25(17-9-5-2-6-10-17)31-21(19)23(28)24(22)16-11-13-18(14-12-16)26(29)30/h1-14,19-21H/t19-,20+,21-/m1/s1. The molecule has 0 bridgehead atoms. The first-order chi connectivity index (χ1) is 15.1. The van der Waals surface area contributed by atoms with Gasteiger partial charge in [0.05, 0.1) is 22.3 Å². The largest absolute Gasteiger partial charge is 0.273 e. The summed E-state index contributed by atoms with van der Waals surface area (Å²) in [6.45, 7) is 0. The summed E-state index contributed by atoms with van der Waals surface area (Å²) < 4.78 is 0. The van der Waals surface area contributed by atoms with Crippen molar-refractivity contribution in [2.24, 2.45) is 5.92 Å². The van der Waals surface area contributed by atoms with Crippen LogP contribution in [0.25, 0.3) is 0 Å². The number of hydrogen-bond acceptors (Lipinski definition) is 6. The number of imide groups is 1. The highest BCUT2D eigenvalue weighted by atomic mass is 16.7. The second kappa shape index (κ2) is 7.33. The minimum atomic E-state index is -0.979. The third-order valence-electron chi connectivity index (χ3n) is 5.59. The van der Waals surface area contributed by atoms with Crippen molar-refractivity contribution in [1.82, 2.24) is 0 Å². The maximum Gasteiger partial charge on any atom is 0.269 e. The van der Waals surface area contributed by atoms with Gasteiger partial charge in [0, 0.05) is 12.1 Å². The zero-order chi connectivity index (χ0) is 21.5. The molecule has 154 valence electrons. The van der Waals surface area contributed by atoms with Crippen LogP contribution in [-0.4, -0.2) is 22.8 Å². The van der Waals surface area contributed by atoms with E-state index in [1.165, 1.54) is 24.3 Å². The summed E-state index contributed by atoms with van der Waals surface area (Å²) in [7, 11) is 0. The molecule has 0 spiro atoms. The molecule has 2 aliphatic heterocycles. The zero-order valence-electron chi connectivity index (χ0n) is 16.2. The van der Waals surface area contributed by atoms with Gasteiger partial charge in [-0.15, -0.1) is 0 Å². The SMILES string of the molecule is O=C1[C@H]2[C@@H](ON(c3ccccc3)[C@H]2c2ccccc2)C(=O)N1c1ccc([N+](=O)[O-])cc1. The van der Waals surface area contributed by atoms with Crippen LogP contribution in [0, 0.1) is 16.0 Å². The molecule has 31 heavy (non-hydrogen) atoms. The number of fused-ring (bicyclic) bond motifs is 1. The van der Waals surface area contributed by atoms with Gasteiger partial charge in [-0.05, 0) is 29.8 Å². The van der Waals surface area contributed by atoms with E-state index in [1.807, 2.05) is 60.7 Å². The molecule has 2 fully saturated rings. The van der Waals surface area contributed by atoms with E-state index in [2.05, 4.69) is 0 Å². The number of carbonyl (C=O) groups excluding carboxylic acids is 2. The lowest BCUT2D eigenvalue weighted by Crippen LogP contribution is -2.37. The highest BCUT2D eigenvalue weighted by molar-refractivity contribution is 6.23. The molecule has 0 aliphatic carbocycles. The van der Waals surface area contributed by atoms with Crippen molar-refractivity contribution in [3.05, 3.63) is 101 Å². The van der Waals surface area contributed by atoms with Crippen molar-refractivity contribution in [3.8, 4) is 0 Å². The minimum Gasteiger partial charge on any atom is -0.273 e. The molecule has 8 nitrogen and oxygen atoms in total.